The van der Waals surface area contributed by atoms with E-state index >= 15 is 0 Å². The van der Waals surface area contributed by atoms with Gasteiger partial charge >= 0.3 is 11.9 Å². The lowest BCUT2D eigenvalue weighted by Crippen LogP contribution is -2.67. The molecule has 9 aliphatic rings. The maximum Gasteiger partial charge on any atom is 0.335 e. The lowest BCUT2D eigenvalue weighted by Gasteiger charge is -2.71. The second-order valence-corrected chi connectivity index (χ2v) is 27.8. The smallest absolute Gasteiger partial charge is 0.335 e. The number of allylic oxidation sites excluding steroid dienone is 2. The number of aliphatic carboxylic acids is 1. The molecule has 5 aliphatic carbocycles. The number of hydrogen-bond acceptors (Lipinski definition) is 23. The van der Waals surface area contributed by atoms with Crippen molar-refractivity contribution in [2.24, 2.45) is 56.2 Å². The molecule has 1 unspecified atom stereocenters. The molecule has 12 N–H and O–H groups in total. The number of fused-ring (bicyclic) bond motifs is 7. The molecule has 24 nitrogen and oxygen atoms in total. The molecule has 474 valence electrons. The number of carbonyl (C=O) groups excluding carboxylic acids is 2. The predicted octanol–water partition coefficient (Wildman–Crippen LogP) is 0.334. The van der Waals surface area contributed by atoms with Gasteiger partial charge in [-0.2, -0.15) is 0 Å². The summed E-state index contributed by atoms with van der Waals surface area (Å²) >= 11 is 0. The molecule has 4 saturated heterocycles. The Morgan fingerprint density at radius 1 is 0.651 bits per heavy atom. The Hall–Kier alpha value is -2.41. The maximum absolute atomic E-state index is 13.9. The van der Waals surface area contributed by atoms with Crippen molar-refractivity contribution in [1.82, 2.24) is 0 Å². The van der Waals surface area contributed by atoms with Crippen LogP contribution in [0.3, 0.4) is 0 Å². The van der Waals surface area contributed by atoms with E-state index in [1.165, 1.54) is 5.57 Å². The van der Waals surface area contributed by atoms with E-state index in [0.717, 1.165) is 51.2 Å². The average Bonchev–Trinajstić information content (AvgIpc) is 1.32. The number of aliphatic hydroxyl groups excluding tert-OH is 11. The standard InChI is InChI=1S/C59H94O24/c1-10-26(2)50(74)80-36-21-55(5)17-18-58(8)27(28(55)20-54(36,3)4)11-12-34-56(6)15-14-35(57(7,25-63)33(56)13-16-59(34,58)9)79-37-19-29(41(67)46(81-37)49(72)73)75-52-47(43(69)39(65)31(23-61)77-52)83-53-48(44(70)40(66)32(24-62)78-53)82-51-45(71)42(68)38(64)30(22-60)76-51/h11,25-26,28-48,51-53,60-62,64-71H,10,12-24H2,1-9H3,(H,72,73)/t26?,28-,29+,30+,31+,32+,33+,34+,35-,36-,37+,38+,39+,40+,41-,42-,43-,44-,45+,46-,47+,48+,51-,52+,53-,55-,56-,57-,58+,59+/m0/s1. The summed E-state index contributed by atoms with van der Waals surface area (Å²) in [6.07, 6.45) is -25.2. The summed E-state index contributed by atoms with van der Waals surface area (Å²) < 4.78 is 54.4. The molecule has 0 aromatic carbocycles. The number of aliphatic hydroxyl groups is 11. The molecule has 0 aromatic heterocycles. The van der Waals surface area contributed by atoms with Crippen LogP contribution in [0.15, 0.2) is 11.6 Å². The van der Waals surface area contributed by atoms with Crippen molar-refractivity contribution in [3.63, 3.8) is 0 Å². The van der Waals surface area contributed by atoms with Crippen molar-refractivity contribution in [2.45, 2.75) is 262 Å². The minimum atomic E-state index is -2.06. The Labute approximate surface area is 484 Å². The third-order valence-electron chi connectivity index (χ3n) is 22.7. The zero-order chi connectivity index (χ0) is 60.8. The summed E-state index contributed by atoms with van der Waals surface area (Å²) in [7, 11) is 0. The van der Waals surface area contributed by atoms with Gasteiger partial charge in [0.05, 0.1) is 43.4 Å². The second kappa shape index (κ2) is 24.2. The summed E-state index contributed by atoms with van der Waals surface area (Å²) in [4.78, 5) is 39.9. The predicted molar refractivity (Wildman–Crippen MR) is 286 cm³/mol. The van der Waals surface area contributed by atoms with Crippen molar-refractivity contribution in [2.75, 3.05) is 19.8 Å². The molecule has 4 saturated carbocycles. The fourth-order valence-corrected chi connectivity index (χ4v) is 17.0. The summed E-state index contributed by atoms with van der Waals surface area (Å²) in [5, 5.41) is 129. The first-order chi connectivity index (χ1) is 38.9. The van der Waals surface area contributed by atoms with Gasteiger partial charge in [0.2, 0.25) is 0 Å². The molecule has 8 fully saturated rings. The SMILES string of the molecule is CCC(C)C(=O)O[C@H]1C[C@]2(C)CC[C@]3(C)C(=CC[C@@H]4[C@@]5(C)CC[C@H](O[C@H]6C[C@@H](O[C@@H]7O[C@H](CO)[C@@H](O)[C@H](O)[C@H]7O[C@@H]7O[C@H](CO)[C@@H](O)[C@H](O)[C@H]7O[C@@H]7O[C@H](CO)[C@@H](O)[C@H](O)[C@H]7O)[C@H](O)[C@@H](C(=O)O)O6)[C@@](C)(C=O)[C@@H]5CC[C@]43C)[C@@H]2CC1(C)C. The highest BCUT2D eigenvalue weighted by Gasteiger charge is 2.70. The lowest BCUT2D eigenvalue weighted by molar-refractivity contribution is -0.399. The largest absolute Gasteiger partial charge is 0.479 e. The maximum atomic E-state index is 13.9. The molecule has 83 heavy (non-hydrogen) atoms. The fraction of sp³-hybridized carbons (Fsp3) is 0.915. The van der Waals surface area contributed by atoms with E-state index in [-0.39, 0.29) is 56.9 Å². The van der Waals surface area contributed by atoms with E-state index in [0.29, 0.717) is 25.2 Å². The second-order valence-electron chi connectivity index (χ2n) is 27.8. The number of ether oxygens (including phenoxy) is 9. The normalized spacial score (nSPS) is 51.9. The van der Waals surface area contributed by atoms with Crippen molar-refractivity contribution in [3.05, 3.63) is 11.6 Å². The van der Waals surface area contributed by atoms with Crippen LogP contribution in [-0.2, 0) is 57.0 Å². The van der Waals surface area contributed by atoms with E-state index in [1.807, 2.05) is 20.8 Å². The molecule has 0 aromatic rings. The summed E-state index contributed by atoms with van der Waals surface area (Å²) in [5.41, 5.74) is -0.467. The van der Waals surface area contributed by atoms with Gasteiger partial charge in [0.1, 0.15) is 91.7 Å². The quantitative estimate of drug-likeness (QED) is 0.0429. The Bertz CT molecular complexity index is 2340. The van der Waals surface area contributed by atoms with Gasteiger partial charge in [-0.15, -0.1) is 0 Å². The molecule has 0 spiro atoms. The monoisotopic (exact) mass is 1190 g/mol. The van der Waals surface area contributed by atoms with Crippen LogP contribution in [0.1, 0.15) is 133 Å². The van der Waals surface area contributed by atoms with Crippen molar-refractivity contribution >= 4 is 18.2 Å². The van der Waals surface area contributed by atoms with E-state index in [2.05, 4.69) is 47.6 Å². The topological polar surface area (TPSA) is 377 Å². The molecule has 9 rings (SSSR count). The molecule has 0 bridgehead atoms. The molecular formula is C59H94O24. The Morgan fingerprint density at radius 2 is 1.22 bits per heavy atom. The fourth-order valence-electron chi connectivity index (χ4n) is 17.0. The third-order valence-corrected chi connectivity index (χ3v) is 22.7. The molecule has 30 atom stereocenters. The molecular weight excluding hydrogens is 1090 g/mol. The van der Waals surface area contributed by atoms with Crippen LogP contribution in [0.2, 0.25) is 0 Å². The molecule has 24 heteroatoms. The summed E-state index contributed by atoms with van der Waals surface area (Å²) in [6.45, 7) is 17.2. The highest BCUT2D eigenvalue weighted by molar-refractivity contribution is 5.73. The number of aldehydes is 1. The lowest BCUT2D eigenvalue weighted by atomic mass is 9.33. The van der Waals surface area contributed by atoms with Crippen LogP contribution < -0.4 is 0 Å². The van der Waals surface area contributed by atoms with Crippen LogP contribution in [-0.4, -0.2) is 228 Å². The van der Waals surface area contributed by atoms with E-state index in [4.69, 9.17) is 42.6 Å². The van der Waals surface area contributed by atoms with Gasteiger partial charge in [0.25, 0.3) is 0 Å². The molecule has 4 heterocycles. The Kier molecular flexibility index (Phi) is 18.9. The van der Waals surface area contributed by atoms with Crippen LogP contribution in [0.25, 0.3) is 0 Å². The summed E-state index contributed by atoms with van der Waals surface area (Å²) in [6, 6.07) is 0. The average molecular weight is 1190 g/mol. The number of hydrogen-bond donors (Lipinski definition) is 12. The van der Waals surface area contributed by atoms with Crippen LogP contribution >= 0.6 is 0 Å². The molecule has 4 aliphatic heterocycles. The first kappa shape index (κ1) is 65.0. The highest BCUT2D eigenvalue weighted by atomic mass is 16.8. The van der Waals surface area contributed by atoms with Gasteiger partial charge in [0.15, 0.2) is 31.3 Å². The zero-order valence-electron chi connectivity index (χ0n) is 49.3. The van der Waals surface area contributed by atoms with Crippen molar-refractivity contribution in [1.29, 1.82) is 0 Å². The van der Waals surface area contributed by atoms with Gasteiger partial charge in [-0.1, -0.05) is 74.0 Å². The van der Waals surface area contributed by atoms with E-state index in [1.54, 1.807) is 0 Å². The van der Waals surface area contributed by atoms with Crippen LogP contribution in [0.4, 0.5) is 0 Å². The van der Waals surface area contributed by atoms with E-state index in [9.17, 15) is 75.7 Å². The van der Waals surface area contributed by atoms with Crippen LogP contribution in [0.5, 0.6) is 0 Å². The zero-order valence-corrected chi connectivity index (χ0v) is 49.3. The van der Waals surface area contributed by atoms with Gasteiger partial charge < -0.3 is 109 Å². The number of esters is 1. The Morgan fingerprint density at radius 3 is 1.78 bits per heavy atom. The minimum Gasteiger partial charge on any atom is -0.479 e. The highest BCUT2D eigenvalue weighted by Crippen LogP contribution is 2.76. The van der Waals surface area contributed by atoms with Gasteiger partial charge in [-0.3, -0.25) is 4.79 Å². The number of rotatable bonds is 16. The van der Waals surface area contributed by atoms with Gasteiger partial charge in [-0.05, 0) is 104 Å². The first-order valence-corrected chi connectivity index (χ1v) is 30.0. The third kappa shape index (κ3) is 11.1. The summed E-state index contributed by atoms with van der Waals surface area (Å²) in [5.74, 6) is -1.56. The molecule has 0 radical (unpaired) electrons. The molecule has 0 amide bonds. The number of carboxylic acid groups (broad SMARTS) is 1. The van der Waals surface area contributed by atoms with Gasteiger partial charge in [-0.25, -0.2) is 4.79 Å². The number of carboxylic acids is 1. The van der Waals surface area contributed by atoms with Crippen molar-refractivity contribution in [3.8, 4) is 0 Å². The van der Waals surface area contributed by atoms with Crippen molar-refractivity contribution < 1.29 is 118 Å². The minimum absolute atomic E-state index is 0.0469. The van der Waals surface area contributed by atoms with Crippen LogP contribution in [0, 0.1) is 56.2 Å². The Balaban J connectivity index is 0.938. The van der Waals surface area contributed by atoms with E-state index < -0.39 is 160 Å². The first-order valence-electron chi connectivity index (χ1n) is 30.0. The number of carbonyl (C=O) groups is 3. The van der Waals surface area contributed by atoms with Gasteiger partial charge in [0, 0.05) is 11.8 Å².